The molecule has 0 rings (SSSR count). The maximum Gasteiger partial charge on any atom is 0.472 e. The number of carbonyl (C=O) groups excluding carboxylic acids is 2. The highest BCUT2D eigenvalue weighted by molar-refractivity contribution is 7.47. The zero-order valence-corrected chi connectivity index (χ0v) is 48.4. The molecule has 0 fully saturated rings. The third kappa shape index (κ3) is 57.4. The van der Waals surface area contributed by atoms with Crippen molar-refractivity contribution in [3.63, 3.8) is 0 Å². The maximum atomic E-state index is 12.8. The van der Waals surface area contributed by atoms with Crippen LogP contribution in [-0.2, 0) is 32.7 Å². The van der Waals surface area contributed by atoms with Gasteiger partial charge in [-0.2, -0.15) is 0 Å². The third-order valence-corrected chi connectivity index (χ3v) is 12.6. The Balaban J connectivity index is 4.18. The Bertz CT molecular complexity index is 1710. The van der Waals surface area contributed by atoms with Crippen LogP contribution in [-0.4, -0.2) is 74.9 Å². The van der Waals surface area contributed by atoms with E-state index in [1.807, 2.05) is 21.1 Å². The van der Waals surface area contributed by atoms with Gasteiger partial charge in [0, 0.05) is 12.8 Å². The topological polar surface area (TPSA) is 108 Å². The fraction of sp³-hybridized carbons (Fsp3) is 0.625. The van der Waals surface area contributed by atoms with E-state index in [0.717, 1.165) is 141 Å². The summed E-state index contributed by atoms with van der Waals surface area (Å²) in [5.41, 5.74) is 0. The van der Waals surface area contributed by atoms with E-state index in [1.165, 1.54) is 32.1 Å². The summed E-state index contributed by atoms with van der Waals surface area (Å²) in [6, 6.07) is 0. The molecular formula is C64H107NO8P+. The molecule has 0 aromatic carbocycles. The Morgan fingerprint density at radius 3 is 1.16 bits per heavy atom. The molecule has 0 aromatic heterocycles. The third-order valence-electron chi connectivity index (χ3n) is 11.7. The van der Waals surface area contributed by atoms with Crippen molar-refractivity contribution in [1.29, 1.82) is 0 Å². The van der Waals surface area contributed by atoms with Gasteiger partial charge >= 0.3 is 19.8 Å². The van der Waals surface area contributed by atoms with Crippen molar-refractivity contribution in [1.82, 2.24) is 0 Å². The number of quaternary nitrogens is 1. The van der Waals surface area contributed by atoms with Crippen LogP contribution in [0.2, 0.25) is 0 Å². The van der Waals surface area contributed by atoms with E-state index in [2.05, 4.69) is 148 Å². The molecular weight excluding hydrogens is 942 g/mol. The van der Waals surface area contributed by atoms with Gasteiger partial charge in [-0.1, -0.05) is 212 Å². The number of phosphoric acid groups is 1. The smallest absolute Gasteiger partial charge is 0.462 e. The minimum atomic E-state index is -4.40. The second-order valence-corrected chi connectivity index (χ2v) is 21.4. The number of phosphoric ester groups is 1. The first-order valence-electron chi connectivity index (χ1n) is 28.9. The number of hydrogen-bond donors (Lipinski definition) is 1. The molecule has 0 radical (unpaired) electrons. The number of ether oxygens (including phenoxy) is 2. The van der Waals surface area contributed by atoms with Gasteiger partial charge in [-0.05, 0) is 116 Å². The van der Waals surface area contributed by atoms with Gasteiger partial charge in [-0.3, -0.25) is 18.6 Å². The predicted octanol–water partition coefficient (Wildman–Crippen LogP) is 18.1. The Labute approximate surface area is 453 Å². The number of carbonyl (C=O) groups is 2. The lowest BCUT2D eigenvalue weighted by Gasteiger charge is -2.24. The molecule has 0 saturated heterocycles. The molecule has 1 N–H and O–H groups in total. The van der Waals surface area contributed by atoms with Crippen LogP contribution < -0.4 is 0 Å². The second-order valence-electron chi connectivity index (χ2n) is 19.9. The first-order chi connectivity index (χ1) is 36.0. The molecule has 0 bridgehead atoms. The lowest BCUT2D eigenvalue weighted by Crippen LogP contribution is -2.37. The molecule has 9 nitrogen and oxygen atoms in total. The van der Waals surface area contributed by atoms with E-state index in [9.17, 15) is 19.0 Å². The van der Waals surface area contributed by atoms with Gasteiger partial charge in [0.15, 0.2) is 6.10 Å². The number of hydrogen-bond acceptors (Lipinski definition) is 7. The van der Waals surface area contributed by atoms with Gasteiger partial charge < -0.3 is 18.9 Å². The number of likely N-dealkylation sites (N-methyl/N-ethyl adjacent to an activating group) is 1. The normalized spacial score (nSPS) is 14.3. The molecule has 420 valence electrons. The van der Waals surface area contributed by atoms with Crippen LogP contribution in [0.5, 0.6) is 0 Å². The van der Waals surface area contributed by atoms with E-state index in [4.69, 9.17) is 18.5 Å². The number of allylic oxidation sites excluding steroid dienone is 22. The van der Waals surface area contributed by atoms with E-state index in [-0.39, 0.29) is 32.0 Å². The Hall–Kier alpha value is -3.85. The van der Waals surface area contributed by atoms with Crippen LogP contribution in [0.25, 0.3) is 0 Å². The van der Waals surface area contributed by atoms with Gasteiger partial charge in [-0.15, -0.1) is 0 Å². The van der Waals surface area contributed by atoms with E-state index >= 15 is 0 Å². The van der Waals surface area contributed by atoms with Gasteiger partial charge in [-0.25, -0.2) is 4.57 Å². The molecule has 0 saturated carbocycles. The fourth-order valence-electron chi connectivity index (χ4n) is 7.21. The summed E-state index contributed by atoms with van der Waals surface area (Å²) in [4.78, 5) is 35.6. The number of esters is 2. The molecule has 10 heteroatoms. The largest absolute Gasteiger partial charge is 0.472 e. The molecule has 0 aliphatic carbocycles. The van der Waals surface area contributed by atoms with Crippen LogP contribution in [0.15, 0.2) is 134 Å². The van der Waals surface area contributed by atoms with E-state index in [0.29, 0.717) is 17.4 Å². The predicted molar refractivity (Wildman–Crippen MR) is 316 cm³/mol. The summed E-state index contributed by atoms with van der Waals surface area (Å²) in [6.07, 6.45) is 78.1. The van der Waals surface area contributed by atoms with Gasteiger partial charge in [0.1, 0.15) is 19.8 Å². The number of nitrogens with zero attached hydrogens (tertiary/aromatic N) is 1. The molecule has 0 spiro atoms. The Morgan fingerprint density at radius 2 is 0.770 bits per heavy atom. The fourth-order valence-corrected chi connectivity index (χ4v) is 7.95. The maximum absolute atomic E-state index is 12.8. The van der Waals surface area contributed by atoms with Crippen molar-refractivity contribution in [2.45, 2.75) is 213 Å². The molecule has 74 heavy (non-hydrogen) atoms. The van der Waals surface area contributed by atoms with Crippen molar-refractivity contribution in [2.24, 2.45) is 0 Å². The zero-order valence-electron chi connectivity index (χ0n) is 47.5. The summed E-state index contributed by atoms with van der Waals surface area (Å²) >= 11 is 0. The van der Waals surface area contributed by atoms with Crippen LogP contribution in [0.1, 0.15) is 206 Å². The summed E-state index contributed by atoms with van der Waals surface area (Å²) < 4.78 is 34.4. The minimum absolute atomic E-state index is 0.0205. The van der Waals surface area contributed by atoms with Crippen molar-refractivity contribution >= 4 is 19.8 Å². The molecule has 2 unspecified atom stereocenters. The van der Waals surface area contributed by atoms with Gasteiger partial charge in [0.2, 0.25) is 0 Å². The number of unbranched alkanes of at least 4 members (excludes halogenated alkanes) is 15. The summed E-state index contributed by atoms with van der Waals surface area (Å²) in [6.45, 7) is 4.25. The van der Waals surface area contributed by atoms with Crippen LogP contribution in [0, 0.1) is 0 Å². The lowest BCUT2D eigenvalue weighted by molar-refractivity contribution is -0.870. The molecule has 0 aromatic rings. The van der Waals surface area contributed by atoms with E-state index in [1.54, 1.807) is 0 Å². The molecule has 0 amide bonds. The highest BCUT2D eigenvalue weighted by atomic mass is 31.2. The Kier molecular flexibility index (Phi) is 51.2. The van der Waals surface area contributed by atoms with Gasteiger partial charge in [0.05, 0.1) is 27.7 Å². The summed E-state index contributed by atoms with van der Waals surface area (Å²) in [7, 11) is 1.44. The standard InChI is InChI=1S/C64H106NO8P/c1-6-8-10-12-14-16-18-20-21-22-23-24-25-26-27-28-29-30-31-32-33-34-35-36-37-38-39-40-41-42-43-45-47-49-51-53-55-57-64(67)73-62(61-72-74(68,69)71-59-58-65(3,4)5)60-70-63(66)56-54-52-50-48-46-44-19-17-15-13-11-9-7-2/h8,10,14,16-17,19-21,23-24,26-27,29-30,32-33,35-36,38-39,41-42,62H,6-7,9,11-13,15,18,22,25,28,31,34,37,40,43-61H2,1-5H3/p+1/b10-8-,16-14-,19-17-,21-20-,24-23-,27-26-,30-29-,33-32-,36-35-,39-38-,42-41-. The second kappa shape index (κ2) is 54.0. The van der Waals surface area contributed by atoms with Crippen LogP contribution in [0.4, 0.5) is 0 Å². The molecule has 0 aliphatic heterocycles. The first kappa shape index (κ1) is 70.1. The van der Waals surface area contributed by atoms with Crippen molar-refractivity contribution in [2.75, 3.05) is 47.5 Å². The summed E-state index contributed by atoms with van der Waals surface area (Å²) in [5.74, 6) is -0.835. The van der Waals surface area contributed by atoms with Crippen molar-refractivity contribution < 1.29 is 42.1 Å². The Morgan fingerprint density at radius 1 is 0.432 bits per heavy atom. The molecule has 0 aliphatic rings. The van der Waals surface area contributed by atoms with Crippen LogP contribution in [0.3, 0.4) is 0 Å². The lowest BCUT2D eigenvalue weighted by atomic mass is 10.1. The first-order valence-corrected chi connectivity index (χ1v) is 30.4. The van der Waals surface area contributed by atoms with Crippen molar-refractivity contribution in [3.8, 4) is 0 Å². The highest BCUT2D eigenvalue weighted by Gasteiger charge is 2.27. The average molecular weight is 1050 g/mol. The van der Waals surface area contributed by atoms with E-state index < -0.39 is 26.5 Å². The molecule has 0 heterocycles. The van der Waals surface area contributed by atoms with Crippen molar-refractivity contribution in [3.05, 3.63) is 134 Å². The quantitative estimate of drug-likeness (QED) is 0.0211. The summed E-state index contributed by atoms with van der Waals surface area (Å²) in [5, 5.41) is 0. The van der Waals surface area contributed by atoms with Crippen LogP contribution >= 0.6 is 7.82 Å². The SMILES string of the molecule is CC/C=C\C/C=C\C/C=C\C/C=C\C/C=C\C/C=C\C/C=C\C/C=C\C/C=C\C/C=C\CCCCCCCCC(=O)OC(COC(=O)CCCCCCC/C=C\CCCCCC)COP(=O)(O)OCC[N+](C)(C)C. The zero-order chi connectivity index (χ0) is 54.2. The number of rotatable bonds is 51. The average Bonchev–Trinajstić information content (AvgIpc) is 3.36. The monoisotopic (exact) mass is 1050 g/mol. The van der Waals surface area contributed by atoms with Gasteiger partial charge in [0.25, 0.3) is 0 Å². The molecule has 2 atom stereocenters. The minimum Gasteiger partial charge on any atom is -0.462 e. The highest BCUT2D eigenvalue weighted by Crippen LogP contribution is 2.43.